The molecule has 0 N–H and O–H groups in total. The number of anilines is 1. The molecule has 0 aliphatic carbocycles. The Morgan fingerprint density at radius 3 is 2.65 bits per heavy atom. The van der Waals surface area contributed by atoms with Crippen molar-refractivity contribution in [2.45, 2.75) is 13.8 Å². The minimum Gasteiger partial charge on any atom is -0.378 e. The molecule has 0 saturated carbocycles. The molecule has 6 heteroatoms. The van der Waals surface area contributed by atoms with Gasteiger partial charge in [0.15, 0.2) is 5.82 Å². The van der Waals surface area contributed by atoms with E-state index in [-0.39, 0.29) is 0 Å². The first-order chi connectivity index (χ1) is 11.2. The van der Waals surface area contributed by atoms with E-state index in [1.165, 1.54) is 5.56 Å². The van der Waals surface area contributed by atoms with Crippen molar-refractivity contribution in [2.24, 2.45) is 0 Å². The Hall–Kier alpha value is -2.47. The zero-order valence-corrected chi connectivity index (χ0v) is 13.4. The predicted molar refractivity (Wildman–Crippen MR) is 88.7 cm³/mol. The highest BCUT2D eigenvalue weighted by atomic mass is 16.5. The monoisotopic (exact) mass is 309 g/mol. The number of aromatic nitrogens is 4. The van der Waals surface area contributed by atoms with E-state index >= 15 is 0 Å². The fourth-order valence-electron chi connectivity index (χ4n) is 2.89. The fraction of sp³-hybridized carbons (Fsp3) is 0.353. The lowest BCUT2D eigenvalue weighted by Gasteiger charge is -2.28. The molecule has 23 heavy (non-hydrogen) atoms. The number of benzene rings is 1. The van der Waals surface area contributed by atoms with E-state index in [0.29, 0.717) is 11.6 Å². The summed E-state index contributed by atoms with van der Waals surface area (Å²) in [5.41, 5.74) is 3.15. The molecular weight excluding hydrogens is 290 g/mol. The molecule has 1 aliphatic rings. The van der Waals surface area contributed by atoms with Crippen molar-refractivity contribution in [3.05, 3.63) is 41.6 Å². The maximum atomic E-state index is 5.45. The van der Waals surface area contributed by atoms with E-state index in [2.05, 4.69) is 40.0 Å². The molecule has 0 amide bonds. The summed E-state index contributed by atoms with van der Waals surface area (Å²) in [6.45, 7) is 7.26. The molecule has 118 valence electrons. The smallest absolute Gasteiger partial charge is 0.254 e. The number of fused-ring (bicyclic) bond motifs is 1. The standard InChI is InChI=1S/C17H19N5O/c1-12-4-3-5-14(10-12)16-19-17-18-13(2)11-15(22(17)20-16)21-6-8-23-9-7-21/h3-5,10-11H,6-9H2,1-2H3. The van der Waals surface area contributed by atoms with Crippen LogP contribution in [0.25, 0.3) is 17.2 Å². The Morgan fingerprint density at radius 1 is 1.04 bits per heavy atom. The summed E-state index contributed by atoms with van der Waals surface area (Å²) in [5, 5.41) is 4.70. The van der Waals surface area contributed by atoms with Gasteiger partial charge in [0.25, 0.3) is 5.78 Å². The Balaban J connectivity index is 1.84. The van der Waals surface area contributed by atoms with E-state index < -0.39 is 0 Å². The molecule has 0 unspecified atom stereocenters. The van der Waals surface area contributed by atoms with Crippen molar-refractivity contribution in [1.29, 1.82) is 0 Å². The van der Waals surface area contributed by atoms with E-state index in [1.54, 1.807) is 0 Å². The molecule has 0 spiro atoms. The first kappa shape index (κ1) is 14.1. The highest BCUT2D eigenvalue weighted by molar-refractivity contribution is 5.59. The van der Waals surface area contributed by atoms with Gasteiger partial charge in [-0.3, -0.25) is 0 Å². The Labute approximate surface area is 134 Å². The molecule has 3 heterocycles. The van der Waals surface area contributed by atoms with Gasteiger partial charge in [0.2, 0.25) is 0 Å². The fourth-order valence-corrected chi connectivity index (χ4v) is 2.89. The molecule has 1 aromatic carbocycles. The second-order valence-corrected chi connectivity index (χ2v) is 5.87. The Morgan fingerprint density at radius 2 is 1.87 bits per heavy atom. The van der Waals surface area contributed by atoms with Crippen molar-refractivity contribution in [3.8, 4) is 11.4 Å². The van der Waals surface area contributed by atoms with E-state index in [9.17, 15) is 0 Å². The Bertz CT molecular complexity index is 851. The van der Waals surface area contributed by atoms with Gasteiger partial charge < -0.3 is 9.64 Å². The van der Waals surface area contributed by atoms with Crippen LogP contribution in [0.1, 0.15) is 11.3 Å². The van der Waals surface area contributed by atoms with E-state index in [4.69, 9.17) is 9.84 Å². The van der Waals surface area contributed by atoms with Gasteiger partial charge >= 0.3 is 0 Å². The van der Waals surface area contributed by atoms with Crippen molar-refractivity contribution < 1.29 is 4.74 Å². The third kappa shape index (κ3) is 2.66. The molecule has 4 rings (SSSR count). The van der Waals surface area contributed by atoms with Gasteiger partial charge in [-0.05, 0) is 19.9 Å². The second-order valence-electron chi connectivity index (χ2n) is 5.87. The maximum absolute atomic E-state index is 5.45. The maximum Gasteiger partial charge on any atom is 0.254 e. The predicted octanol–water partition coefficient (Wildman–Crippen LogP) is 2.24. The van der Waals surface area contributed by atoms with Gasteiger partial charge in [0.1, 0.15) is 5.82 Å². The van der Waals surface area contributed by atoms with Crippen molar-refractivity contribution in [2.75, 3.05) is 31.2 Å². The summed E-state index contributed by atoms with van der Waals surface area (Å²) in [4.78, 5) is 11.4. The summed E-state index contributed by atoms with van der Waals surface area (Å²) in [5.74, 6) is 2.38. The topological polar surface area (TPSA) is 55.5 Å². The van der Waals surface area contributed by atoms with Crippen LogP contribution < -0.4 is 4.90 Å². The van der Waals surface area contributed by atoms with Crippen LogP contribution in [-0.2, 0) is 4.74 Å². The zero-order valence-electron chi connectivity index (χ0n) is 13.4. The number of morpholine rings is 1. The number of ether oxygens (including phenoxy) is 1. The zero-order chi connectivity index (χ0) is 15.8. The summed E-state index contributed by atoms with van der Waals surface area (Å²) in [7, 11) is 0. The SMILES string of the molecule is Cc1cccc(-c2nc3nc(C)cc(N4CCOCC4)n3n2)c1. The minimum absolute atomic E-state index is 0.642. The third-order valence-corrected chi connectivity index (χ3v) is 4.03. The van der Waals surface area contributed by atoms with Gasteiger partial charge in [-0.2, -0.15) is 9.50 Å². The number of hydrogen-bond donors (Lipinski definition) is 0. The highest BCUT2D eigenvalue weighted by Gasteiger charge is 2.18. The van der Waals surface area contributed by atoms with Gasteiger partial charge in [0.05, 0.1) is 13.2 Å². The first-order valence-corrected chi connectivity index (χ1v) is 7.85. The molecule has 1 saturated heterocycles. The normalized spacial score (nSPS) is 15.3. The lowest BCUT2D eigenvalue weighted by Crippen LogP contribution is -2.37. The molecule has 6 nitrogen and oxygen atoms in total. The van der Waals surface area contributed by atoms with Crippen LogP contribution in [0.15, 0.2) is 30.3 Å². The van der Waals surface area contributed by atoms with Gasteiger partial charge in [0, 0.05) is 30.4 Å². The first-order valence-electron chi connectivity index (χ1n) is 7.85. The van der Waals surface area contributed by atoms with Crippen LogP contribution in [-0.4, -0.2) is 45.9 Å². The average molecular weight is 309 g/mol. The van der Waals surface area contributed by atoms with Crippen LogP contribution in [0.3, 0.4) is 0 Å². The van der Waals surface area contributed by atoms with Crippen LogP contribution in [0.2, 0.25) is 0 Å². The minimum atomic E-state index is 0.642. The molecule has 1 fully saturated rings. The number of hydrogen-bond acceptors (Lipinski definition) is 5. The van der Waals surface area contributed by atoms with Crippen LogP contribution in [0.5, 0.6) is 0 Å². The molecule has 1 aliphatic heterocycles. The van der Waals surface area contributed by atoms with Gasteiger partial charge in [-0.15, -0.1) is 5.10 Å². The molecular formula is C17H19N5O. The number of nitrogens with zero attached hydrogens (tertiary/aromatic N) is 5. The van der Waals surface area contributed by atoms with Gasteiger partial charge in [-0.25, -0.2) is 4.98 Å². The second kappa shape index (κ2) is 5.62. The van der Waals surface area contributed by atoms with Crippen molar-refractivity contribution in [1.82, 2.24) is 19.6 Å². The molecule has 3 aromatic rings. The molecule has 0 bridgehead atoms. The summed E-state index contributed by atoms with van der Waals surface area (Å²) < 4.78 is 7.29. The largest absolute Gasteiger partial charge is 0.378 e. The van der Waals surface area contributed by atoms with Crippen LogP contribution in [0.4, 0.5) is 5.82 Å². The van der Waals surface area contributed by atoms with Crippen molar-refractivity contribution >= 4 is 11.6 Å². The molecule has 0 radical (unpaired) electrons. The average Bonchev–Trinajstić information content (AvgIpc) is 2.99. The third-order valence-electron chi connectivity index (χ3n) is 4.03. The lowest BCUT2D eigenvalue weighted by molar-refractivity contribution is 0.122. The molecule has 2 aromatic heterocycles. The van der Waals surface area contributed by atoms with Crippen LogP contribution in [0, 0.1) is 13.8 Å². The quantitative estimate of drug-likeness (QED) is 0.727. The van der Waals surface area contributed by atoms with Crippen LogP contribution >= 0.6 is 0 Å². The van der Waals surface area contributed by atoms with E-state index in [1.807, 2.05) is 23.6 Å². The lowest BCUT2D eigenvalue weighted by atomic mass is 10.1. The summed E-state index contributed by atoms with van der Waals surface area (Å²) in [6.07, 6.45) is 0. The van der Waals surface area contributed by atoms with Gasteiger partial charge in [-0.1, -0.05) is 23.8 Å². The molecule has 0 atom stereocenters. The van der Waals surface area contributed by atoms with E-state index in [0.717, 1.165) is 43.4 Å². The van der Waals surface area contributed by atoms with Crippen molar-refractivity contribution in [3.63, 3.8) is 0 Å². The summed E-state index contributed by atoms with van der Waals surface area (Å²) >= 11 is 0. The highest BCUT2D eigenvalue weighted by Crippen LogP contribution is 2.22. The number of rotatable bonds is 2. The number of aryl methyl sites for hydroxylation is 2. The summed E-state index contributed by atoms with van der Waals surface area (Å²) in [6, 6.07) is 10.3. The Kier molecular flexibility index (Phi) is 3.46.